The minimum Gasteiger partial charge on any atom is -0.297 e. The molecular formula is C8H13NO. The van der Waals surface area contributed by atoms with E-state index in [9.17, 15) is 4.79 Å². The molecule has 0 bridgehead atoms. The van der Waals surface area contributed by atoms with Crippen molar-refractivity contribution in [3.63, 3.8) is 0 Å². The van der Waals surface area contributed by atoms with Gasteiger partial charge in [-0.1, -0.05) is 19.1 Å². The molecule has 0 aromatic heterocycles. The van der Waals surface area contributed by atoms with Crippen molar-refractivity contribution in [3.05, 3.63) is 12.2 Å². The quantitative estimate of drug-likeness (QED) is 0.329. The van der Waals surface area contributed by atoms with E-state index in [1.54, 1.807) is 0 Å². The monoisotopic (exact) mass is 139 g/mol. The van der Waals surface area contributed by atoms with Crippen molar-refractivity contribution in [3.8, 4) is 0 Å². The molecule has 10 heavy (non-hydrogen) atoms. The number of carbonyl (C=O) groups is 1. The number of allylic oxidation sites excluding steroid dienone is 1. The number of carbonyl (C=O) groups excluding carboxylic acids is 1. The summed E-state index contributed by atoms with van der Waals surface area (Å²) in [5.41, 5.74) is 0. The molecule has 2 nitrogen and oxygen atoms in total. The Morgan fingerprint density at radius 2 is 2.30 bits per heavy atom. The van der Waals surface area contributed by atoms with E-state index in [1.807, 2.05) is 13.0 Å². The second-order valence-electron chi connectivity index (χ2n) is 2.15. The van der Waals surface area contributed by atoms with Crippen LogP contribution >= 0.6 is 0 Å². The van der Waals surface area contributed by atoms with Gasteiger partial charge in [0.2, 0.25) is 0 Å². The normalized spacial score (nSPS) is 14.6. The van der Waals surface area contributed by atoms with Crippen molar-refractivity contribution in [2.45, 2.75) is 13.8 Å². The van der Waals surface area contributed by atoms with E-state index in [0.29, 0.717) is 18.7 Å². The lowest BCUT2D eigenvalue weighted by Gasteiger charge is -1.97. The topological polar surface area (TPSA) is 29.4 Å². The number of nitrogens with zero attached hydrogens (tertiary/aromatic N) is 1. The van der Waals surface area contributed by atoms with Crippen LogP contribution in [0.1, 0.15) is 13.8 Å². The fourth-order valence-corrected chi connectivity index (χ4v) is 0.660. The summed E-state index contributed by atoms with van der Waals surface area (Å²) < 4.78 is 0. The minimum atomic E-state index is 0.432. The zero-order valence-corrected chi connectivity index (χ0v) is 6.45. The molecule has 1 atom stereocenters. The van der Waals surface area contributed by atoms with Gasteiger partial charge in [0.15, 0.2) is 6.29 Å². The Balaban J connectivity index is 3.47. The number of aldehydes is 1. The first-order valence-electron chi connectivity index (χ1n) is 3.37. The second-order valence-corrected chi connectivity index (χ2v) is 2.15. The number of aliphatic imine (C=N–C) groups is 1. The summed E-state index contributed by atoms with van der Waals surface area (Å²) in [4.78, 5) is 13.6. The minimum absolute atomic E-state index is 0.432. The molecule has 0 amide bonds. The molecule has 0 rings (SSSR count). The van der Waals surface area contributed by atoms with Crippen LogP contribution in [0.2, 0.25) is 0 Å². The van der Waals surface area contributed by atoms with Crippen molar-refractivity contribution in [1.82, 2.24) is 0 Å². The van der Waals surface area contributed by atoms with Crippen LogP contribution in [-0.2, 0) is 4.79 Å². The molecule has 2 heteroatoms. The SMILES string of the molecule is C/C=C/C(C)CN=CC=O. The summed E-state index contributed by atoms with van der Waals surface area (Å²) in [5.74, 6) is 0.432. The van der Waals surface area contributed by atoms with Crippen molar-refractivity contribution < 1.29 is 4.79 Å². The van der Waals surface area contributed by atoms with Gasteiger partial charge in [0.1, 0.15) is 0 Å². The highest BCUT2D eigenvalue weighted by Crippen LogP contribution is 1.95. The van der Waals surface area contributed by atoms with Crippen molar-refractivity contribution in [1.29, 1.82) is 0 Å². The van der Waals surface area contributed by atoms with E-state index in [2.05, 4.69) is 18.0 Å². The Bertz CT molecular complexity index is 138. The summed E-state index contributed by atoms with van der Waals surface area (Å²) in [6.45, 7) is 4.73. The van der Waals surface area contributed by atoms with Gasteiger partial charge >= 0.3 is 0 Å². The van der Waals surface area contributed by atoms with Crippen LogP contribution in [0.15, 0.2) is 17.1 Å². The molecule has 0 saturated heterocycles. The maximum atomic E-state index is 9.78. The zero-order valence-electron chi connectivity index (χ0n) is 6.45. The highest BCUT2D eigenvalue weighted by molar-refractivity contribution is 6.12. The van der Waals surface area contributed by atoms with E-state index in [-0.39, 0.29) is 0 Å². The summed E-state index contributed by atoms with van der Waals surface area (Å²) in [7, 11) is 0. The molecule has 0 aliphatic rings. The highest BCUT2D eigenvalue weighted by atomic mass is 16.1. The lowest BCUT2D eigenvalue weighted by atomic mass is 10.2. The van der Waals surface area contributed by atoms with E-state index in [4.69, 9.17) is 0 Å². The molecule has 0 radical (unpaired) electrons. The first-order chi connectivity index (χ1) is 4.81. The summed E-state index contributed by atoms with van der Waals surface area (Å²) in [6, 6.07) is 0. The lowest BCUT2D eigenvalue weighted by Crippen LogP contribution is -1.94. The Morgan fingerprint density at radius 3 is 2.80 bits per heavy atom. The third kappa shape index (κ3) is 5.22. The van der Waals surface area contributed by atoms with Crippen molar-refractivity contribution >= 4 is 12.5 Å². The van der Waals surface area contributed by atoms with Crippen LogP contribution in [0.3, 0.4) is 0 Å². The zero-order chi connectivity index (χ0) is 7.82. The molecule has 0 aromatic carbocycles. The third-order valence-corrected chi connectivity index (χ3v) is 1.08. The Morgan fingerprint density at radius 1 is 1.60 bits per heavy atom. The van der Waals surface area contributed by atoms with Crippen LogP contribution < -0.4 is 0 Å². The maximum Gasteiger partial charge on any atom is 0.160 e. The van der Waals surface area contributed by atoms with Gasteiger partial charge in [-0.25, -0.2) is 0 Å². The number of hydrogen-bond donors (Lipinski definition) is 0. The van der Waals surface area contributed by atoms with Crippen molar-refractivity contribution in [2.24, 2.45) is 10.9 Å². The molecule has 56 valence electrons. The Kier molecular flexibility index (Phi) is 5.63. The molecule has 1 unspecified atom stereocenters. The number of rotatable bonds is 4. The largest absolute Gasteiger partial charge is 0.297 e. The van der Waals surface area contributed by atoms with Crippen LogP contribution in [0.25, 0.3) is 0 Å². The van der Waals surface area contributed by atoms with E-state index in [1.165, 1.54) is 6.21 Å². The predicted molar refractivity (Wildman–Crippen MR) is 43.4 cm³/mol. The molecule has 0 aliphatic heterocycles. The molecule has 0 fully saturated rings. The van der Waals surface area contributed by atoms with E-state index >= 15 is 0 Å². The van der Waals surface area contributed by atoms with Crippen molar-refractivity contribution in [2.75, 3.05) is 6.54 Å². The van der Waals surface area contributed by atoms with Gasteiger partial charge in [-0.15, -0.1) is 0 Å². The van der Waals surface area contributed by atoms with Crippen LogP contribution in [0, 0.1) is 5.92 Å². The molecule has 0 aliphatic carbocycles. The fourth-order valence-electron chi connectivity index (χ4n) is 0.660. The third-order valence-electron chi connectivity index (χ3n) is 1.08. The van der Waals surface area contributed by atoms with E-state index in [0.717, 1.165) is 0 Å². The van der Waals surface area contributed by atoms with Gasteiger partial charge in [0.25, 0.3) is 0 Å². The van der Waals surface area contributed by atoms with Gasteiger partial charge in [-0.05, 0) is 12.8 Å². The molecule has 0 N–H and O–H groups in total. The standard InChI is InChI=1S/C8H13NO/c1-3-4-8(2)7-9-5-6-10/h3-6,8H,7H2,1-2H3/b4-3+,9-5?. The van der Waals surface area contributed by atoms with Gasteiger partial charge in [-0.2, -0.15) is 0 Å². The molecular weight excluding hydrogens is 126 g/mol. The maximum absolute atomic E-state index is 9.78. The Labute approximate surface area is 61.7 Å². The Hall–Kier alpha value is -0.920. The molecule has 0 heterocycles. The first-order valence-corrected chi connectivity index (χ1v) is 3.37. The van der Waals surface area contributed by atoms with E-state index < -0.39 is 0 Å². The van der Waals surface area contributed by atoms with Crippen LogP contribution in [0.4, 0.5) is 0 Å². The van der Waals surface area contributed by atoms with Crippen LogP contribution in [0.5, 0.6) is 0 Å². The fraction of sp³-hybridized carbons (Fsp3) is 0.500. The summed E-state index contributed by atoms with van der Waals surface area (Å²) >= 11 is 0. The average Bonchev–Trinajstić information content (AvgIpc) is 1.89. The van der Waals surface area contributed by atoms with Gasteiger partial charge < -0.3 is 0 Å². The summed E-state index contributed by atoms with van der Waals surface area (Å²) in [6.07, 6.45) is 6.03. The molecule has 0 saturated carbocycles. The molecule has 0 spiro atoms. The van der Waals surface area contributed by atoms with Gasteiger partial charge in [-0.3, -0.25) is 9.79 Å². The van der Waals surface area contributed by atoms with Gasteiger partial charge in [0.05, 0.1) is 6.21 Å². The number of hydrogen-bond acceptors (Lipinski definition) is 2. The van der Waals surface area contributed by atoms with Gasteiger partial charge in [0, 0.05) is 6.54 Å². The average molecular weight is 139 g/mol. The van der Waals surface area contributed by atoms with Crippen LogP contribution in [-0.4, -0.2) is 19.0 Å². The smallest absolute Gasteiger partial charge is 0.160 e. The molecule has 0 aromatic rings. The predicted octanol–water partition coefficient (Wildman–Crippen LogP) is 1.47. The summed E-state index contributed by atoms with van der Waals surface area (Å²) in [5, 5.41) is 0. The second kappa shape index (κ2) is 6.20. The highest BCUT2D eigenvalue weighted by Gasteiger charge is 1.90. The lowest BCUT2D eigenvalue weighted by molar-refractivity contribution is -0.102. The first kappa shape index (κ1) is 9.08.